The molecule has 346 valence electrons. The third-order valence-corrected chi connectivity index (χ3v) is 6.84. The monoisotopic (exact) mass is 890 g/mol. The summed E-state index contributed by atoms with van der Waals surface area (Å²) in [6.07, 6.45) is -0.0742. The third-order valence-electron chi connectivity index (χ3n) is 6.84. The minimum absolute atomic E-state index is 0.0791. The van der Waals surface area contributed by atoms with E-state index in [1.165, 1.54) is 6.92 Å². The zero-order chi connectivity index (χ0) is 45.3. The molecular formula is C38H52F10O12. The van der Waals surface area contributed by atoms with Gasteiger partial charge in [0.1, 0.15) is 5.78 Å². The lowest BCUT2D eigenvalue weighted by atomic mass is 10.2. The topological polar surface area (TPSA) is 126 Å². The molecule has 0 aliphatic heterocycles. The summed E-state index contributed by atoms with van der Waals surface area (Å²) < 4.78 is 180. The number of hydrogen-bond acceptors (Lipinski definition) is 12. The van der Waals surface area contributed by atoms with Gasteiger partial charge in [-0.15, -0.1) is 0 Å². The first kappa shape index (κ1) is 56.5. The minimum atomic E-state index is -2.35. The van der Waals surface area contributed by atoms with Crippen molar-refractivity contribution in [2.75, 3.05) is 119 Å². The molecule has 0 aliphatic rings. The molecule has 0 aliphatic carbocycles. The van der Waals surface area contributed by atoms with E-state index in [-0.39, 0.29) is 32.2 Å². The molecule has 2 aromatic rings. The fraction of sp³-hybridized carbons (Fsp3) is 0.632. The Bertz CT molecular complexity index is 1370. The maximum atomic E-state index is 13.5. The molecule has 0 fully saturated rings. The van der Waals surface area contributed by atoms with Crippen LogP contribution in [0.3, 0.4) is 0 Å². The van der Waals surface area contributed by atoms with Crippen molar-refractivity contribution in [3.63, 3.8) is 0 Å². The fourth-order valence-corrected chi connectivity index (χ4v) is 3.79. The van der Waals surface area contributed by atoms with E-state index >= 15 is 0 Å². The van der Waals surface area contributed by atoms with Gasteiger partial charge in [0, 0.05) is 12.0 Å². The molecule has 0 bridgehead atoms. The Hall–Kier alpha value is -3.48. The van der Waals surface area contributed by atoms with E-state index in [2.05, 4.69) is 4.74 Å². The van der Waals surface area contributed by atoms with Gasteiger partial charge in [0.15, 0.2) is 23.3 Å². The number of ether oxygens (including phenoxy) is 10. The molecule has 22 heteroatoms. The molecule has 0 saturated carbocycles. The molecular weight excluding hydrogens is 838 g/mol. The van der Waals surface area contributed by atoms with Gasteiger partial charge in [0.2, 0.25) is 40.7 Å². The molecule has 0 amide bonds. The first-order chi connectivity index (χ1) is 28.7. The summed E-state index contributed by atoms with van der Waals surface area (Å²) in [5, 5.41) is 0. The van der Waals surface area contributed by atoms with E-state index in [1.54, 1.807) is 0 Å². The Morgan fingerprint density at radius 3 is 0.833 bits per heavy atom. The molecule has 2 rings (SSSR count). The molecule has 0 unspecified atom stereocenters. The molecule has 0 saturated heterocycles. The van der Waals surface area contributed by atoms with Crippen molar-refractivity contribution in [1.82, 2.24) is 0 Å². The molecule has 0 aromatic heterocycles. The Morgan fingerprint density at radius 2 is 0.567 bits per heavy atom. The first-order valence-electron chi connectivity index (χ1n) is 18.6. The van der Waals surface area contributed by atoms with Gasteiger partial charge in [-0.1, -0.05) is 13.8 Å². The van der Waals surface area contributed by atoms with Gasteiger partial charge in [0.05, 0.1) is 125 Å². The maximum absolute atomic E-state index is 13.5. The van der Waals surface area contributed by atoms with E-state index in [9.17, 15) is 53.5 Å². The van der Waals surface area contributed by atoms with Crippen LogP contribution in [0.15, 0.2) is 0 Å². The van der Waals surface area contributed by atoms with E-state index in [0.29, 0.717) is 98.9 Å². The van der Waals surface area contributed by atoms with Gasteiger partial charge >= 0.3 is 5.97 Å². The summed E-state index contributed by atoms with van der Waals surface area (Å²) in [7, 11) is 0. The van der Waals surface area contributed by atoms with Crippen LogP contribution in [-0.2, 0) is 52.2 Å². The molecule has 12 nitrogen and oxygen atoms in total. The normalized spacial score (nSPS) is 10.9. The highest BCUT2D eigenvalue weighted by molar-refractivity contribution is 5.75. The lowest BCUT2D eigenvalue weighted by Crippen LogP contribution is -2.16. The number of hydrogen-bond donors (Lipinski definition) is 0. The average Bonchev–Trinajstić information content (AvgIpc) is 3.24. The molecule has 0 N–H and O–H groups in total. The highest BCUT2D eigenvalue weighted by Gasteiger charge is 2.28. The maximum Gasteiger partial charge on any atom is 0.313 e. The first-order valence-corrected chi connectivity index (χ1v) is 18.6. The summed E-state index contributed by atoms with van der Waals surface area (Å²) in [6.45, 7) is 12.4. The van der Waals surface area contributed by atoms with Crippen molar-refractivity contribution in [2.45, 2.75) is 40.5 Å². The zero-order valence-electron chi connectivity index (χ0n) is 33.8. The highest BCUT2D eigenvalue weighted by atomic mass is 19.2. The zero-order valence-corrected chi connectivity index (χ0v) is 33.8. The summed E-state index contributed by atoms with van der Waals surface area (Å²) in [5.41, 5.74) is -0.869. The smallest absolute Gasteiger partial charge is 0.313 e. The van der Waals surface area contributed by atoms with Crippen LogP contribution >= 0.6 is 0 Å². The third kappa shape index (κ3) is 24.1. The average molecular weight is 891 g/mol. The number of benzene rings is 2. The minimum Gasteiger partial charge on any atom is -0.420 e. The number of esters is 1. The lowest BCUT2D eigenvalue weighted by Gasteiger charge is -2.09. The molecule has 2 aromatic carbocycles. The second kappa shape index (κ2) is 35.2. The van der Waals surface area contributed by atoms with Crippen molar-refractivity contribution in [1.29, 1.82) is 0 Å². The molecule has 0 heterocycles. The van der Waals surface area contributed by atoms with Gasteiger partial charge in [0.25, 0.3) is 0 Å². The van der Waals surface area contributed by atoms with Gasteiger partial charge in [-0.25, -0.2) is 35.1 Å². The quantitative estimate of drug-likeness (QED) is 0.0204. The number of carbonyl (C=O) groups excluding carboxylic acids is 2. The Kier molecular flexibility index (Phi) is 33.1. The van der Waals surface area contributed by atoms with E-state index in [1.807, 2.05) is 13.8 Å². The predicted molar refractivity (Wildman–Crippen MR) is 191 cm³/mol. The number of carbonyl (C=O) groups is 2. The summed E-state index contributed by atoms with van der Waals surface area (Å²) in [6, 6.07) is 0. The van der Waals surface area contributed by atoms with Crippen molar-refractivity contribution < 1.29 is 101 Å². The van der Waals surface area contributed by atoms with Crippen LogP contribution in [0.2, 0.25) is 0 Å². The SMILES string of the molecule is CC.CC(=O)CCOCCOCCOCCOCCOCCOCCOCCOCCOCCC(=O)Oc1c(F)c(F)c(F)c(F)c1F.Cc1c(F)c(F)c(F)c(F)c1F. The largest absolute Gasteiger partial charge is 0.420 e. The van der Waals surface area contributed by atoms with Gasteiger partial charge in [-0.2, -0.15) is 8.78 Å². The second-order valence-electron chi connectivity index (χ2n) is 11.3. The van der Waals surface area contributed by atoms with Crippen LogP contribution < -0.4 is 4.74 Å². The standard InChI is InChI=1S/C29H43F5O12.C7H3F5.C2H6/c1-22(35)2-4-37-6-8-39-10-12-41-14-16-43-18-20-45-21-19-44-17-15-42-13-11-40-9-7-38-5-3-23(36)46-29-27(33)25(31)24(30)26(32)28(29)34;1-2-3(8)5(10)7(12)6(11)4(2)9;1-2/h2-21H2,1H3;1H3;1-2H3. The number of ketones is 1. The predicted octanol–water partition coefficient (Wildman–Crippen LogP) is 6.52. The van der Waals surface area contributed by atoms with Crippen LogP contribution in [0.1, 0.15) is 39.2 Å². The molecule has 0 atom stereocenters. The molecule has 0 radical (unpaired) electrons. The Labute approximate surface area is 341 Å². The van der Waals surface area contributed by atoms with Gasteiger partial charge in [-0.3, -0.25) is 9.59 Å². The van der Waals surface area contributed by atoms with Crippen molar-refractivity contribution in [2.24, 2.45) is 0 Å². The molecule has 0 spiro atoms. The van der Waals surface area contributed by atoms with Crippen LogP contribution in [-0.4, -0.2) is 131 Å². The highest BCUT2D eigenvalue weighted by Crippen LogP contribution is 2.29. The van der Waals surface area contributed by atoms with Crippen molar-refractivity contribution >= 4 is 11.8 Å². The van der Waals surface area contributed by atoms with Crippen LogP contribution in [0.5, 0.6) is 5.75 Å². The Morgan fingerprint density at radius 1 is 0.350 bits per heavy atom. The van der Waals surface area contributed by atoms with Gasteiger partial charge < -0.3 is 47.4 Å². The number of rotatable bonds is 31. The summed E-state index contributed by atoms with van der Waals surface area (Å²) in [5.74, 6) is -23.6. The van der Waals surface area contributed by atoms with Crippen LogP contribution in [0, 0.1) is 65.1 Å². The Balaban J connectivity index is 0.00000210. The summed E-state index contributed by atoms with van der Waals surface area (Å²) >= 11 is 0. The van der Waals surface area contributed by atoms with E-state index in [0.717, 1.165) is 6.92 Å². The lowest BCUT2D eigenvalue weighted by molar-refractivity contribution is -0.136. The fourth-order valence-electron chi connectivity index (χ4n) is 3.79. The van der Waals surface area contributed by atoms with Crippen LogP contribution in [0.4, 0.5) is 43.9 Å². The van der Waals surface area contributed by atoms with Crippen LogP contribution in [0.25, 0.3) is 0 Å². The van der Waals surface area contributed by atoms with E-state index in [4.69, 9.17) is 42.6 Å². The number of halogens is 10. The van der Waals surface area contributed by atoms with E-state index < -0.39 is 81.9 Å². The second-order valence-corrected chi connectivity index (χ2v) is 11.3. The molecule has 60 heavy (non-hydrogen) atoms. The van der Waals surface area contributed by atoms with Gasteiger partial charge in [-0.05, 0) is 13.8 Å². The van der Waals surface area contributed by atoms with Crippen molar-refractivity contribution in [3.05, 3.63) is 63.7 Å². The summed E-state index contributed by atoms with van der Waals surface area (Å²) in [4.78, 5) is 22.4. The van der Waals surface area contributed by atoms with Crippen molar-refractivity contribution in [3.8, 4) is 5.75 Å². The number of Topliss-reactive ketones (excluding diaryl/α,β-unsaturated/α-hetero) is 1.